The molecule has 2 N–H and O–H groups in total. The maximum atomic E-state index is 13.9. The molecule has 1 fully saturated rings. The molecule has 2 amide bonds. The lowest BCUT2D eigenvalue weighted by Gasteiger charge is -2.25. The van der Waals surface area contributed by atoms with Gasteiger partial charge >= 0.3 is 0 Å². The minimum absolute atomic E-state index is 0.0481. The summed E-state index contributed by atoms with van der Waals surface area (Å²) in [7, 11) is -0.162. The molecule has 0 spiro atoms. The number of anilines is 1. The van der Waals surface area contributed by atoms with Crippen LogP contribution in [0.25, 0.3) is 0 Å². The van der Waals surface area contributed by atoms with E-state index in [2.05, 4.69) is 15.8 Å². The van der Waals surface area contributed by atoms with E-state index in [1.54, 1.807) is 24.3 Å². The van der Waals surface area contributed by atoms with Crippen molar-refractivity contribution in [2.45, 2.75) is 43.0 Å². The monoisotopic (exact) mass is 672 g/mol. The minimum atomic E-state index is -4.35. The Morgan fingerprint density at radius 2 is 1.57 bits per heavy atom. The largest absolute Gasteiger partial charge is 0.495 e. The molecule has 1 aliphatic rings. The molecule has 246 valence electrons. The molecular weight excluding hydrogens is 636 g/mol. The highest BCUT2D eigenvalue weighted by atomic mass is 35.5. The number of hydrogen-bond acceptors (Lipinski definition) is 9. The van der Waals surface area contributed by atoms with Crippen molar-refractivity contribution in [3.05, 3.63) is 71.2 Å². The summed E-state index contributed by atoms with van der Waals surface area (Å²) in [5, 5.41) is 7.22. The fourth-order valence-corrected chi connectivity index (χ4v) is 6.53. The van der Waals surface area contributed by atoms with Gasteiger partial charge in [-0.25, -0.2) is 13.8 Å². The second-order valence-electron chi connectivity index (χ2n) is 10.4. The van der Waals surface area contributed by atoms with Crippen molar-refractivity contribution in [2.24, 2.45) is 5.10 Å². The summed E-state index contributed by atoms with van der Waals surface area (Å²) in [4.78, 5) is 25.1. The molecule has 0 bridgehead atoms. The molecule has 0 aromatic heterocycles. The molecular formula is C32H37ClN4O8S. The first kappa shape index (κ1) is 34.4. The Morgan fingerprint density at radius 1 is 0.891 bits per heavy atom. The van der Waals surface area contributed by atoms with Gasteiger partial charge in [-0.2, -0.15) is 5.10 Å². The van der Waals surface area contributed by atoms with Crippen molar-refractivity contribution < 1.29 is 37.0 Å². The highest BCUT2D eigenvalue weighted by Gasteiger charge is 2.30. The average molecular weight is 673 g/mol. The van der Waals surface area contributed by atoms with E-state index in [1.807, 2.05) is 0 Å². The van der Waals surface area contributed by atoms with Crippen LogP contribution in [0.5, 0.6) is 23.0 Å². The van der Waals surface area contributed by atoms with Gasteiger partial charge in [-0.15, -0.1) is 0 Å². The number of amides is 2. The Balaban J connectivity index is 1.43. The molecule has 4 rings (SSSR count). The molecule has 0 saturated heterocycles. The molecule has 1 aliphatic carbocycles. The number of nitrogens with zero attached hydrogens (tertiary/aromatic N) is 2. The van der Waals surface area contributed by atoms with E-state index in [-0.39, 0.29) is 45.7 Å². The molecule has 0 aliphatic heterocycles. The van der Waals surface area contributed by atoms with E-state index < -0.39 is 22.5 Å². The van der Waals surface area contributed by atoms with Gasteiger partial charge in [-0.3, -0.25) is 13.9 Å². The maximum Gasteiger partial charge on any atom is 0.265 e. The Morgan fingerprint density at radius 3 is 2.24 bits per heavy atom. The van der Waals surface area contributed by atoms with Crippen molar-refractivity contribution in [1.82, 2.24) is 10.7 Å². The van der Waals surface area contributed by atoms with Gasteiger partial charge in [-0.05, 0) is 73.0 Å². The minimum Gasteiger partial charge on any atom is -0.495 e. The van der Waals surface area contributed by atoms with Crippen molar-refractivity contribution in [1.29, 1.82) is 0 Å². The van der Waals surface area contributed by atoms with Gasteiger partial charge < -0.3 is 24.3 Å². The number of hydrazone groups is 1. The number of sulfonamides is 1. The third-order valence-corrected chi connectivity index (χ3v) is 9.25. The van der Waals surface area contributed by atoms with Crippen LogP contribution in [0, 0.1) is 0 Å². The van der Waals surface area contributed by atoms with Gasteiger partial charge in [0.15, 0.2) is 18.1 Å². The fraction of sp³-hybridized carbons (Fsp3) is 0.344. The molecule has 0 atom stereocenters. The number of methoxy groups -OCH3 is 3. The standard InChI is InChI=1S/C32H37ClN4O8S/c1-42-28-15-11-23(33)17-27(28)37(46(40,41)26-14-16-29(43-2)30(18-26)44-3)20-31(38)36-34-19-22-9-12-25(13-10-22)45-21-32(39)35-24-7-5-4-6-8-24/h9-19,24H,4-8,20-21H2,1-3H3,(H,35,39)(H,36,38)/b34-19-. The van der Waals surface area contributed by atoms with Crippen LogP contribution >= 0.6 is 11.6 Å². The number of hydrogen-bond donors (Lipinski definition) is 2. The van der Waals surface area contributed by atoms with E-state index in [4.69, 9.17) is 30.5 Å². The molecule has 0 radical (unpaired) electrons. The van der Waals surface area contributed by atoms with Crippen LogP contribution < -0.4 is 34.0 Å². The number of ether oxygens (including phenoxy) is 4. The van der Waals surface area contributed by atoms with Crippen LogP contribution in [-0.4, -0.2) is 67.0 Å². The van der Waals surface area contributed by atoms with Crippen LogP contribution in [-0.2, 0) is 19.6 Å². The molecule has 0 heterocycles. The average Bonchev–Trinajstić information content (AvgIpc) is 3.06. The van der Waals surface area contributed by atoms with Crippen LogP contribution in [0.2, 0.25) is 5.02 Å². The van der Waals surface area contributed by atoms with Crippen molar-refractivity contribution in [3.63, 3.8) is 0 Å². The first-order valence-corrected chi connectivity index (χ1v) is 16.4. The number of benzene rings is 3. The fourth-order valence-electron chi connectivity index (χ4n) is 4.92. The molecule has 1 saturated carbocycles. The molecule has 3 aromatic carbocycles. The second-order valence-corrected chi connectivity index (χ2v) is 12.7. The summed E-state index contributed by atoms with van der Waals surface area (Å²) in [6.45, 7) is -0.736. The number of nitrogens with one attached hydrogen (secondary N) is 2. The van der Waals surface area contributed by atoms with E-state index in [0.717, 1.165) is 30.0 Å². The molecule has 46 heavy (non-hydrogen) atoms. The Bertz CT molecular complexity index is 1640. The molecule has 3 aromatic rings. The summed E-state index contributed by atoms with van der Waals surface area (Å²) in [5.74, 6) is 0.323. The van der Waals surface area contributed by atoms with Crippen molar-refractivity contribution >= 4 is 45.3 Å². The van der Waals surface area contributed by atoms with E-state index in [9.17, 15) is 18.0 Å². The first-order valence-electron chi connectivity index (χ1n) is 14.6. The number of carbonyl (C=O) groups is 2. The second kappa shape index (κ2) is 16.2. The number of rotatable bonds is 14. The Hall–Kier alpha value is -4.49. The van der Waals surface area contributed by atoms with Crippen LogP contribution in [0.15, 0.2) is 70.7 Å². The zero-order valence-corrected chi connectivity index (χ0v) is 27.4. The number of halogens is 1. The smallest absolute Gasteiger partial charge is 0.265 e. The van der Waals surface area contributed by atoms with Crippen molar-refractivity contribution in [3.8, 4) is 23.0 Å². The molecule has 12 nitrogen and oxygen atoms in total. The highest BCUT2D eigenvalue weighted by Crippen LogP contribution is 2.37. The van der Waals surface area contributed by atoms with Gasteiger partial charge in [0.1, 0.15) is 18.0 Å². The van der Waals surface area contributed by atoms with Crippen LogP contribution in [0.4, 0.5) is 5.69 Å². The highest BCUT2D eigenvalue weighted by molar-refractivity contribution is 7.92. The van der Waals surface area contributed by atoms with E-state index >= 15 is 0 Å². The third kappa shape index (κ3) is 9.04. The zero-order chi connectivity index (χ0) is 33.1. The van der Waals surface area contributed by atoms with Crippen LogP contribution in [0.3, 0.4) is 0 Å². The summed E-state index contributed by atoms with van der Waals surface area (Å²) < 4.78 is 50.2. The molecule has 0 unspecified atom stereocenters. The Kier molecular flexibility index (Phi) is 12.1. The quantitative estimate of drug-likeness (QED) is 0.188. The summed E-state index contributed by atoms with van der Waals surface area (Å²) in [6.07, 6.45) is 6.85. The van der Waals surface area contributed by atoms with Gasteiger partial charge in [0.05, 0.1) is 38.1 Å². The lowest BCUT2D eigenvalue weighted by atomic mass is 9.95. The summed E-state index contributed by atoms with van der Waals surface area (Å²) in [6, 6.07) is 15.5. The van der Waals surface area contributed by atoms with Crippen LogP contribution in [0.1, 0.15) is 37.7 Å². The van der Waals surface area contributed by atoms with Crippen molar-refractivity contribution in [2.75, 3.05) is 38.8 Å². The maximum absolute atomic E-state index is 13.9. The first-order chi connectivity index (χ1) is 22.1. The van der Waals surface area contributed by atoms with Gasteiger partial charge in [0, 0.05) is 17.1 Å². The van der Waals surface area contributed by atoms with Gasteiger partial charge in [0.25, 0.3) is 21.8 Å². The lowest BCUT2D eigenvalue weighted by molar-refractivity contribution is -0.124. The lowest BCUT2D eigenvalue weighted by Crippen LogP contribution is -2.39. The SMILES string of the molecule is COc1ccc(S(=O)(=O)N(CC(=O)N/N=C\c2ccc(OCC(=O)NC3CCCCC3)cc2)c2cc(Cl)ccc2OC)cc1OC. The summed E-state index contributed by atoms with van der Waals surface area (Å²) in [5.41, 5.74) is 3.04. The zero-order valence-electron chi connectivity index (χ0n) is 25.8. The van der Waals surface area contributed by atoms with Gasteiger partial charge in [-0.1, -0.05) is 30.9 Å². The summed E-state index contributed by atoms with van der Waals surface area (Å²) >= 11 is 6.21. The topological polar surface area (TPSA) is 145 Å². The Labute approximate surface area is 273 Å². The normalized spacial score (nSPS) is 13.6. The van der Waals surface area contributed by atoms with E-state index in [1.165, 1.54) is 70.4 Å². The molecule has 14 heteroatoms. The third-order valence-electron chi connectivity index (χ3n) is 7.26. The predicted octanol–water partition coefficient (Wildman–Crippen LogP) is 4.54. The number of carbonyl (C=O) groups excluding carboxylic acids is 2. The van der Waals surface area contributed by atoms with E-state index in [0.29, 0.717) is 17.1 Å². The predicted molar refractivity (Wildman–Crippen MR) is 175 cm³/mol. The van der Waals surface area contributed by atoms with Gasteiger partial charge in [0.2, 0.25) is 0 Å².